The summed E-state index contributed by atoms with van der Waals surface area (Å²) in [4.78, 5) is 20.5. The van der Waals surface area contributed by atoms with Crippen LogP contribution in [0.3, 0.4) is 0 Å². The summed E-state index contributed by atoms with van der Waals surface area (Å²) >= 11 is 7.30. The number of halogens is 1. The van der Waals surface area contributed by atoms with E-state index in [0.29, 0.717) is 13.1 Å². The van der Waals surface area contributed by atoms with E-state index in [9.17, 15) is 4.79 Å². The normalized spacial score (nSPS) is 16.4. The summed E-state index contributed by atoms with van der Waals surface area (Å²) in [5.41, 5.74) is 1.21. The molecule has 122 valence electrons. The molecule has 0 radical (unpaired) electrons. The molecule has 0 bridgehead atoms. The maximum Gasteiger partial charge on any atom is 0.240 e. The van der Waals surface area contributed by atoms with Crippen molar-refractivity contribution in [2.45, 2.75) is 18.7 Å². The zero-order valence-electron chi connectivity index (χ0n) is 13.0. The van der Waals surface area contributed by atoms with Crippen LogP contribution in [0, 0.1) is 0 Å². The van der Waals surface area contributed by atoms with Crippen molar-refractivity contribution in [3.8, 4) is 0 Å². The Bertz CT molecular complexity index is 653. The topological polar surface area (TPSA) is 49.3 Å². The highest BCUT2D eigenvalue weighted by Crippen LogP contribution is 2.21. The lowest BCUT2D eigenvalue weighted by Crippen LogP contribution is -2.50. The Balaban J connectivity index is 1.58. The lowest BCUT2D eigenvalue weighted by atomic mass is 10.1. The molecule has 1 fully saturated rings. The van der Waals surface area contributed by atoms with Crippen molar-refractivity contribution in [2.75, 3.05) is 31.1 Å². The Labute approximate surface area is 145 Å². The van der Waals surface area contributed by atoms with Crippen LogP contribution in [-0.2, 0) is 11.2 Å². The fraction of sp³-hybridized carbons (Fsp3) is 0.438. The van der Waals surface area contributed by atoms with Gasteiger partial charge in [0.2, 0.25) is 11.0 Å². The van der Waals surface area contributed by atoms with Crippen molar-refractivity contribution in [2.24, 2.45) is 0 Å². The van der Waals surface area contributed by atoms with E-state index in [0.717, 1.165) is 30.5 Å². The van der Waals surface area contributed by atoms with E-state index < -0.39 is 5.38 Å². The van der Waals surface area contributed by atoms with E-state index in [2.05, 4.69) is 26.4 Å². The molecule has 1 aromatic heterocycles. The molecule has 0 saturated carbocycles. The number of benzene rings is 1. The number of piperazine rings is 1. The predicted octanol–water partition coefficient (Wildman–Crippen LogP) is 2.40. The minimum Gasteiger partial charge on any atom is -0.343 e. The highest BCUT2D eigenvalue weighted by atomic mass is 35.5. The smallest absolute Gasteiger partial charge is 0.240 e. The van der Waals surface area contributed by atoms with E-state index >= 15 is 0 Å². The maximum absolute atomic E-state index is 11.9. The zero-order valence-corrected chi connectivity index (χ0v) is 14.6. The van der Waals surface area contributed by atoms with Gasteiger partial charge >= 0.3 is 0 Å². The molecule has 5 nitrogen and oxygen atoms in total. The molecule has 3 rings (SSSR count). The number of aromatic nitrogens is 2. The number of amides is 1. The first-order valence-corrected chi connectivity index (χ1v) is 8.89. The maximum atomic E-state index is 11.9. The third kappa shape index (κ3) is 4.00. The summed E-state index contributed by atoms with van der Waals surface area (Å²) in [6.07, 6.45) is 0.750. The Morgan fingerprint density at radius 2 is 1.96 bits per heavy atom. The number of carbonyl (C=O) groups is 1. The standard InChI is InChI=1S/C16H19ClN4OS/c1-12(17)15(22)20-7-9-21(10-8-20)16-18-14(19-23-16)11-13-5-3-2-4-6-13/h2-6,12H,7-11H2,1H3/t12-/m1/s1. The molecule has 0 spiro atoms. The van der Waals surface area contributed by atoms with Crippen LogP contribution in [0.1, 0.15) is 18.3 Å². The largest absolute Gasteiger partial charge is 0.343 e. The number of nitrogens with zero attached hydrogens (tertiary/aromatic N) is 4. The Morgan fingerprint density at radius 3 is 2.61 bits per heavy atom. The molecule has 7 heteroatoms. The number of hydrogen-bond donors (Lipinski definition) is 0. The first-order valence-electron chi connectivity index (χ1n) is 7.68. The monoisotopic (exact) mass is 350 g/mol. The summed E-state index contributed by atoms with van der Waals surface area (Å²) in [6, 6.07) is 10.2. The fourth-order valence-electron chi connectivity index (χ4n) is 2.59. The molecule has 0 aliphatic carbocycles. The Hall–Kier alpha value is -1.66. The van der Waals surface area contributed by atoms with Gasteiger partial charge in [0.25, 0.3) is 0 Å². The number of carbonyl (C=O) groups excluding carboxylic acids is 1. The zero-order chi connectivity index (χ0) is 16.2. The van der Waals surface area contributed by atoms with E-state index in [1.807, 2.05) is 23.1 Å². The van der Waals surface area contributed by atoms with Gasteiger partial charge in [-0.1, -0.05) is 30.3 Å². The van der Waals surface area contributed by atoms with Gasteiger partial charge in [0.05, 0.1) is 0 Å². The highest BCUT2D eigenvalue weighted by molar-refractivity contribution is 7.09. The SMILES string of the molecule is C[C@@H](Cl)C(=O)N1CCN(c2nc(Cc3ccccc3)ns2)CC1. The van der Waals surface area contributed by atoms with Gasteiger partial charge in [0, 0.05) is 44.1 Å². The Morgan fingerprint density at radius 1 is 1.26 bits per heavy atom. The molecule has 1 saturated heterocycles. The van der Waals surface area contributed by atoms with Gasteiger partial charge in [-0.3, -0.25) is 4.79 Å². The average Bonchev–Trinajstić information content (AvgIpc) is 3.03. The molecular weight excluding hydrogens is 332 g/mol. The summed E-state index contributed by atoms with van der Waals surface area (Å²) in [6.45, 7) is 4.63. The minimum absolute atomic E-state index is 0.00773. The molecule has 1 aromatic carbocycles. The number of hydrogen-bond acceptors (Lipinski definition) is 5. The molecule has 2 heterocycles. The molecule has 1 atom stereocenters. The Kier molecular flexibility index (Phi) is 5.13. The second-order valence-electron chi connectivity index (χ2n) is 5.58. The van der Waals surface area contributed by atoms with Gasteiger partial charge in [-0.2, -0.15) is 4.37 Å². The molecule has 0 N–H and O–H groups in total. The molecule has 23 heavy (non-hydrogen) atoms. The third-order valence-corrected chi connectivity index (χ3v) is 4.87. The number of rotatable bonds is 4. The predicted molar refractivity (Wildman–Crippen MR) is 93.3 cm³/mol. The molecule has 1 aliphatic rings. The van der Waals surface area contributed by atoms with Crippen LogP contribution >= 0.6 is 23.1 Å². The van der Waals surface area contributed by atoms with Crippen LogP contribution in [-0.4, -0.2) is 51.7 Å². The molecular formula is C16H19ClN4OS. The van der Waals surface area contributed by atoms with Crippen molar-refractivity contribution in [1.82, 2.24) is 14.3 Å². The van der Waals surface area contributed by atoms with Crippen molar-refractivity contribution in [1.29, 1.82) is 0 Å². The summed E-state index contributed by atoms with van der Waals surface area (Å²) in [5, 5.41) is 0.475. The molecule has 1 aliphatic heterocycles. The molecule has 2 aromatic rings. The second kappa shape index (κ2) is 7.27. The lowest BCUT2D eigenvalue weighted by Gasteiger charge is -2.34. The van der Waals surface area contributed by atoms with Gasteiger partial charge in [0.1, 0.15) is 11.2 Å². The van der Waals surface area contributed by atoms with Gasteiger partial charge < -0.3 is 9.80 Å². The van der Waals surface area contributed by atoms with Crippen LogP contribution in [0.4, 0.5) is 5.13 Å². The van der Waals surface area contributed by atoms with Crippen LogP contribution in [0.25, 0.3) is 0 Å². The number of anilines is 1. The van der Waals surface area contributed by atoms with Gasteiger partial charge in [-0.25, -0.2) is 4.98 Å². The van der Waals surface area contributed by atoms with Gasteiger partial charge in [0.15, 0.2) is 0 Å². The van der Waals surface area contributed by atoms with Crippen LogP contribution in [0.5, 0.6) is 0 Å². The van der Waals surface area contributed by atoms with Crippen molar-refractivity contribution in [3.63, 3.8) is 0 Å². The van der Waals surface area contributed by atoms with Crippen LogP contribution in [0.15, 0.2) is 30.3 Å². The second-order valence-corrected chi connectivity index (χ2v) is 6.97. The third-order valence-electron chi connectivity index (χ3n) is 3.86. The van der Waals surface area contributed by atoms with E-state index in [4.69, 9.17) is 11.6 Å². The first-order chi connectivity index (χ1) is 11.1. The summed E-state index contributed by atoms with van der Waals surface area (Å²) in [7, 11) is 0. The lowest BCUT2D eigenvalue weighted by molar-refractivity contribution is -0.130. The van der Waals surface area contributed by atoms with E-state index in [1.165, 1.54) is 17.1 Å². The number of alkyl halides is 1. The first kappa shape index (κ1) is 16.2. The van der Waals surface area contributed by atoms with Gasteiger partial charge in [-0.15, -0.1) is 11.6 Å². The molecule has 0 unspecified atom stereocenters. The summed E-state index contributed by atoms with van der Waals surface area (Å²) < 4.78 is 4.46. The van der Waals surface area contributed by atoms with Crippen molar-refractivity contribution >= 4 is 34.2 Å². The van der Waals surface area contributed by atoms with E-state index in [-0.39, 0.29) is 5.91 Å². The minimum atomic E-state index is -0.458. The van der Waals surface area contributed by atoms with Crippen LogP contribution < -0.4 is 4.90 Å². The fourth-order valence-corrected chi connectivity index (χ4v) is 3.47. The average molecular weight is 351 g/mol. The molecule has 1 amide bonds. The highest BCUT2D eigenvalue weighted by Gasteiger charge is 2.25. The van der Waals surface area contributed by atoms with Crippen molar-refractivity contribution < 1.29 is 4.79 Å². The van der Waals surface area contributed by atoms with E-state index in [1.54, 1.807) is 6.92 Å². The van der Waals surface area contributed by atoms with Gasteiger partial charge in [-0.05, 0) is 12.5 Å². The summed E-state index contributed by atoms with van der Waals surface area (Å²) in [5.74, 6) is 0.859. The van der Waals surface area contributed by atoms with Crippen molar-refractivity contribution in [3.05, 3.63) is 41.7 Å². The quantitative estimate of drug-likeness (QED) is 0.794. The van der Waals surface area contributed by atoms with Crippen LogP contribution in [0.2, 0.25) is 0 Å².